The molecule has 0 aliphatic carbocycles. The molecule has 6 nitrogen and oxygen atoms in total. The lowest BCUT2D eigenvalue weighted by Gasteiger charge is -2.23. The molecule has 0 saturated carbocycles. The van der Waals surface area contributed by atoms with Gasteiger partial charge in [-0.05, 0) is 12.1 Å². The van der Waals surface area contributed by atoms with Crippen LogP contribution in [0.4, 0.5) is 0 Å². The van der Waals surface area contributed by atoms with Gasteiger partial charge in [-0.25, -0.2) is 13.1 Å². The molecular formula is C13H15N3O3S. The van der Waals surface area contributed by atoms with Gasteiger partial charge >= 0.3 is 0 Å². The first-order valence-electron chi connectivity index (χ1n) is 6.30. The van der Waals surface area contributed by atoms with E-state index in [-0.39, 0.29) is 12.1 Å². The number of nitrogens with one attached hydrogen (secondary N) is 1. The zero-order valence-electron chi connectivity index (χ0n) is 11.0. The summed E-state index contributed by atoms with van der Waals surface area (Å²) in [6, 6.07) is 9.24. The van der Waals surface area contributed by atoms with Crippen molar-refractivity contribution in [3.63, 3.8) is 0 Å². The lowest BCUT2D eigenvalue weighted by atomic mass is 10.1. The molecule has 0 radical (unpaired) electrons. The summed E-state index contributed by atoms with van der Waals surface area (Å²) in [5.41, 5.74) is 1.92. The van der Waals surface area contributed by atoms with Crippen LogP contribution in [0.3, 0.4) is 0 Å². The van der Waals surface area contributed by atoms with Gasteiger partial charge < -0.3 is 0 Å². The van der Waals surface area contributed by atoms with E-state index in [0.29, 0.717) is 18.5 Å². The standard InChI is InChI=1S/C13H15N3O3S/c1-20(18,19)15-8-7-12-11(9-15)13(17)16(14-12)10-5-3-2-4-6-10/h2-6,14H,7-9H2,1H3. The van der Waals surface area contributed by atoms with Crippen molar-refractivity contribution < 1.29 is 8.42 Å². The molecule has 0 bridgehead atoms. The van der Waals surface area contributed by atoms with Crippen molar-refractivity contribution in [3.05, 3.63) is 51.9 Å². The second-order valence-electron chi connectivity index (χ2n) is 4.89. The minimum absolute atomic E-state index is 0.142. The topological polar surface area (TPSA) is 75.2 Å². The van der Waals surface area contributed by atoms with Gasteiger partial charge in [0.1, 0.15) is 0 Å². The normalized spacial score (nSPS) is 16.1. The van der Waals surface area contributed by atoms with E-state index in [1.807, 2.05) is 30.3 Å². The third-order valence-corrected chi connectivity index (χ3v) is 4.75. The van der Waals surface area contributed by atoms with Crippen LogP contribution in [0, 0.1) is 0 Å². The molecule has 1 aliphatic heterocycles. The van der Waals surface area contributed by atoms with E-state index in [2.05, 4.69) is 5.10 Å². The molecule has 3 rings (SSSR count). The Morgan fingerprint density at radius 1 is 1.20 bits per heavy atom. The third kappa shape index (κ3) is 2.19. The number of hydrogen-bond acceptors (Lipinski definition) is 3. The number of aromatic nitrogens is 2. The Labute approximate surface area is 116 Å². The highest BCUT2D eigenvalue weighted by Crippen LogP contribution is 2.17. The molecule has 0 spiro atoms. The van der Waals surface area contributed by atoms with Crippen molar-refractivity contribution in [2.45, 2.75) is 13.0 Å². The number of sulfonamides is 1. The average molecular weight is 293 g/mol. The summed E-state index contributed by atoms with van der Waals surface area (Å²) >= 11 is 0. The number of rotatable bonds is 2. The van der Waals surface area contributed by atoms with E-state index < -0.39 is 10.0 Å². The van der Waals surface area contributed by atoms with Gasteiger partial charge in [-0.2, -0.15) is 4.31 Å². The van der Waals surface area contributed by atoms with Gasteiger partial charge in [-0.15, -0.1) is 0 Å². The Morgan fingerprint density at radius 3 is 2.55 bits per heavy atom. The Hall–Kier alpha value is -1.86. The quantitative estimate of drug-likeness (QED) is 0.875. The van der Waals surface area contributed by atoms with Crippen LogP contribution in [0.2, 0.25) is 0 Å². The van der Waals surface area contributed by atoms with Crippen LogP contribution in [0.5, 0.6) is 0 Å². The van der Waals surface area contributed by atoms with E-state index in [4.69, 9.17) is 0 Å². The van der Waals surface area contributed by atoms with Crippen LogP contribution in [0.25, 0.3) is 5.69 Å². The fourth-order valence-electron chi connectivity index (χ4n) is 2.42. The van der Waals surface area contributed by atoms with Crippen molar-refractivity contribution >= 4 is 10.0 Å². The van der Waals surface area contributed by atoms with E-state index in [9.17, 15) is 13.2 Å². The molecule has 0 fully saturated rings. The molecule has 7 heteroatoms. The molecule has 106 valence electrons. The highest BCUT2D eigenvalue weighted by atomic mass is 32.2. The molecule has 0 atom stereocenters. The highest BCUT2D eigenvalue weighted by Gasteiger charge is 2.27. The molecule has 2 aromatic rings. The van der Waals surface area contributed by atoms with Crippen molar-refractivity contribution in [1.82, 2.24) is 14.1 Å². The molecule has 1 aliphatic rings. The van der Waals surface area contributed by atoms with Crippen LogP contribution in [-0.4, -0.2) is 35.3 Å². The number of fused-ring (bicyclic) bond motifs is 1. The van der Waals surface area contributed by atoms with Gasteiger partial charge in [0.05, 0.1) is 17.5 Å². The number of nitrogens with zero attached hydrogens (tertiary/aromatic N) is 2. The van der Waals surface area contributed by atoms with Gasteiger partial charge in [0.2, 0.25) is 10.0 Å². The maximum atomic E-state index is 12.4. The second kappa shape index (κ2) is 4.60. The van der Waals surface area contributed by atoms with Crippen LogP contribution in [0.15, 0.2) is 35.1 Å². The van der Waals surface area contributed by atoms with Gasteiger partial charge in [-0.3, -0.25) is 9.89 Å². The number of aromatic amines is 1. The maximum Gasteiger partial charge on any atom is 0.276 e. The number of hydrogen-bond donors (Lipinski definition) is 1. The lowest BCUT2D eigenvalue weighted by Crippen LogP contribution is -2.36. The first-order chi connectivity index (χ1) is 9.47. The largest absolute Gasteiger partial charge is 0.295 e. The summed E-state index contributed by atoms with van der Waals surface area (Å²) < 4.78 is 26.0. The number of para-hydroxylation sites is 1. The Morgan fingerprint density at radius 2 is 1.90 bits per heavy atom. The van der Waals surface area contributed by atoms with Crippen LogP contribution in [0.1, 0.15) is 11.3 Å². The van der Waals surface area contributed by atoms with Gasteiger partial charge in [-0.1, -0.05) is 18.2 Å². The van der Waals surface area contributed by atoms with Crippen molar-refractivity contribution in [2.75, 3.05) is 12.8 Å². The maximum absolute atomic E-state index is 12.4. The molecule has 1 aromatic heterocycles. The van der Waals surface area contributed by atoms with E-state index in [1.165, 1.54) is 15.2 Å². The molecule has 2 heterocycles. The summed E-state index contributed by atoms with van der Waals surface area (Å²) in [5.74, 6) is 0. The monoisotopic (exact) mass is 293 g/mol. The van der Waals surface area contributed by atoms with Gasteiger partial charge in [0.15, 0.2) is 0 Å². The first kappa shape index (κ1) is 13.1. The number of H-pyrrole nitrogens is 1. The van der Waals surface area contributed by atoms with Crippen molar-refractivity contribution in [2.24, 2.45) is 0 Å². The fourth-order valence-corrected chi connectivity index (χ4v) is 3.21. The average Bonchev–Trinajstić information content (AvgIpc) is 2.76. The van der Waals surface area contributed by atoms with Crippen LogP contribution >= 0.6 is 0 Å². The molecule has 0 amide bonds. The smallest absolute Gasteiger partial charge is 0.276 e. The Kier molecular flexibility index (Phi) is 3.02. The fraction of sp³-hybridized carbons (Fsp3) is 0.308. The zero-order valence-corrected chi connectivity index (χ0v) is 11.9. The molecule has 0 unspecified atom stereocenters. The van der Waals surface area contributed by atoms with E-state index in [0.717, 1.165) is 11.4 Å². The SMILES string of the molecule is CS(=O)(=O)N1CCc2[nH]n(-c3ccccc3)c(=O)c2C1. The molecular weight excluding hydrogens is 278 g/mol. The molecule has 20 heavy (non-hydrogen) atoms. The predicted octanol–water partition coefficient (Wildman–Crippen LogP) is 0.483. The third-order valence-electron chi connectivity index (χ3n) is 3.50. The van der Waals surface area contributed by atoms with Gasteiger partial charge in [0.25, 0.3) is 5.56 Å². The summed E-state index contributed by atoms with van der Waals surface area (Å²) in [6.45, 7) is 0.546. The minimum atomic E-state index is -3.27. The Balaban J connectivity index is 2.05. The van der Waals surface area contributed by atoms with Crippen LogP contribution in [-0.2, 0) is 23.0 Å². The van der Waals surface area contributed by atoms with Crippen molar-refractivity contribution in [1.29, 1.82) is 0 Å². The summed E-state index contributed by atoms with van der Waals surface area (Å²) in [5, 5.41) is 3.07. The lowest BCUT2D eigenvalue weighted by molar-refractivity contribution is 0.392. The molecule has 0 saturated heterocycles. The van der Waals surface area contributed by atoms with Gasteiger partial charge in [0, 0.05) is 25.2 Å². The predicted molar refractivity (Wildman–Crippen MR) is 75.3 cm³/mol. The first-order valence-corrected chi connectivity index (χ1v) is 8.15. The van der Waals surface area contributed by atoms with E-state index >= 15 is 0 Å². The van der Waals surface area contributed by atoms with Crippen molar-refractivity contribution in [3.8, 4) is 5.69 Å². The van der Waals surface area contributed by atoms with E-state index in [1.54, 1.807) is 0 Å². The number of benzene rings is 1. The molecule has 1 aromatic carbocycles. The zero-order chi connectivity index (χ0) is 14.3. The second-order valence-corrected chi connectivity index (χ2v) is 6.87. The molecule has 1 N–H and O–H groups in total. The minimum Gasteiger partial charge on any atom is -0.295 e. The summed E-state index contributed by atoms with van der Waals surface area (Å²) in [4.78, 5) is 12.4. The summed E-state index contributed by atoms with van der Waals surface area (Å²) in [7, 11) is -3.27. The Bertz CT molecular complexity index is 790. The summed E-state index contributed by atoms with van der Waals surface area (Å²) in [6.07, 6.45) is 1.69. The highest BCUT2D eigenvalue weighted by molar-refractivity contribution is 7.88. The van der Waals surface area contributed by atoms with Crippen LogP contribution < -0.4 is 5.56 Å².